The Labute approximate surface area is 172 Å². The van der Waals surface area contributed by atoms with Crippen LogP contribution in [0.25, 0.3) is 16.7 Å². The summed E-state index contributed by atoms with van der Waals surface area (Å²) in [5.41, 5.74) is 2.65. The van der Waals surface area contributed by atoms with Crippen LogP contribution in [0.15, 0.2) is 77.9 Å². The van der Waals surface area contributed by atoms with Gasteiger partial charge in [0, 0.05) is 34.8 Å². The van der Waals surface area contributed by atoms with Crippen LogP contribution in [0, 0.1) is 0 Å². The summed E-state index contributed by atoms with van der Waals surface area (Å²) in [6, 6.07) is 17.9. The van der Waals surface area contributed by atoms with Gasteiger partial charge in [0.15, 0.2) is 5.43 Å². The molecule has 2 heterocycles. The molecule has 0 saturated carbocycles. The first-order valence-electron chi connectivity index (χ1n) is 8.99. The number of nitrogens with zero attached hydrogens (tertiary/aromatic N) is 2. The SMILES string of the molecule is COC(=O)c1ccc(Cc2cn(-c3ccccn3)c3cc(Cl)ccc3c2=O)cc1. The Morgan fingerprint density at radius 3 is 2.59 bits per heavy atom. The molecule has 0 radical (unpaired) electrons. The van der Waals surface area contributed by atoms with E-state index in [1.807, 2.05) is 34.9 Å². The molecule has 0 atom stereocenters. The Morgan fingerprint density at radius 2 is 1.90 bits per heavy atom. The summed E-state index contributed by atoms with van der Waals surface area (Å²) in [7, 11) is 1.34. The van der Waals surface area contributed by atoms with Gasteiger partial charge in [-0.3, -0.25) is 4.79 Å². The minimum Gasteiger partial charge on any atom is -0.465 e. The lowest BCUT2D eigenvalue weighted by Crippen LogP contribution is -2.15. The number of hydrogen-bond acceptors (Lipinski definition) is 4. The predicted molar refractivity (Wildman–Crippen MR) is 113 cm³/mol. The Kier molecular flexibility index (Phi) is 5.14. The van der Waals surface area contributed by atoms with Crippen LogP contribution in [0.2, 0.25) is 5.02 Å². The van der Waals surface area contributed by atoms with Gasteiger partial charge < -0.3 is 9.30 Å². The van der Waals surface area contributed by atoms with E-state index in [9.17, 15) is 9.59 Å². The van der Waals surface area contributed by atoms with Gasteiger partial charge in [-0.25, -0.2) is 9.78 Å². The monoisotopic (exact) mass is 404 g/mol. The topological polar surface area (TPSA) is 61.2 Å². The highest BCUT2D eigenvalue weighted by molar-refractivity contribution is 6.31. The van der Waals surface area contributed by atoms with Crippen molar-refractivity contribution >= 4 is 28.5 Å². The van der Waals surface area contributed by atoms with Gasteiger partial charge >= 0.3 is 5.97 Å². The summed E-state index contributed by atoms with van der Waals surface area (Å²) in [6.45, 7) is 0. The van der Waals surface area contributed by atoms with Crippen LogP contribution >= 0.6 is 11.6 Å². The minimum absolute atomic E-state index is 0.0547. The fraction of sp³-hybridized carbons (Fsp3) is 0.0870. The van der Waals surface area contributed by atoms with Gasteiger partial charge in [-0.2, -0.15) is 0 Å². The summed E-state index contributed by atoms with van der Waals surface area (Å²) in [5.74, 6) is 0.304. The second-order valence-corrected chi connectivity index (χ2v) is 7.00. The molecule has 5 nitrogen and oxygen atoms in total. The Balaban J connectivity index is 1.83. The van der Waals surface area contributed by atoms with E-state index in [0.29, 0.717) is 39.3 Å². The van der Waals surface area contributed by atoms with Crippen LogP contribution in [0.3, 0.4) is 0 Å². The van der Waals surface area contributed by atoms with Crippen molar-refractivity contribution < 1.29 is 9.53 Å². The van der Waals surface area contributed by atoms with Crippen LogP contribution in [0.5, 0.6) is 0 Å². The first-order valence-corrected chi connectivity index (χ1v) is 9.37. The number of aromatic nitrogens is 2. The molecule has 0 spiro atoms. The van der Waals surface area contributed by atoms with E-state index in [-0.39, 0.29) is 5.43 Å². The van der Waals surface area contributed by atoms with Crippen molar-refractivity contribution in [3.63, 3.8) is 0 Å². The minimum atomic E-state index is -0.392. The first kappa shape index (κ1) is 18.9. The summed E-state index contributed by atoms with van der Waals surface area (Å²) in [5, 5.41) is 1.12. The largest absolute Gasteiger partial charge is 0.465 e. The van der Waals surface area contributed by atoms with E-state index < -0.39 is 5.97 Å². The van der Waals surface area contributed by atoms with Crippen molar-refractivity contribution in [1.82, 2.24) is 9.55 Å². The number of carbonyl (C=O) groups is 1. The van der Waals surface area contributed by atoms with Gasteiger partial charge in [0.2, 0.25) is 0 Å². The maximum atomic E-state index is 13.1. The molecule has 2 aromatic heterocycles. The smallest absolute Gasteiger partial charge is 0.337 e. The first-order chi connectivity index (χ1) is 14.1. The molecular formula is C23H17ClN2O3. The zero-order valence-corrected chi connectivity index (χ0v) is 16.4. The number of esters is 1. The number of hydrogen-bond donors (Lipinski definition) is 0. The number of pyridine rings is 2. The predicted octanol–water partition coefficient (Wildman–Crippen LogP) is 4.42. The zero-order valence-electron chi connectivity index (χ0n) is 15.6. The highest BCUT2D eigenvalue weighted by Crippen LogP contribution is 2.21. The molecule has 0 N–H and O–H groups in total. The van der Waals surface area contributed by atoms with E-state index in [0.717, 1.165) is 5.56 Å². The van der Waals surface area contributed by atoms with E-state index in [2.05, 4.69) is 4.98 Å². The summed E-state index contributed by atoms with van der Waals surface area (Å²) < 4.78 is 6.60. The molecule has 2 aromatic carbocycles. The molecule has 0 aliphatic rings. The number of carbonyl (C=O) groups excluding carboxylic acids is 1. The quantitative estimate of drug-likeness (QED) is 0.472. The van der Waals surface area contributed by atoms with Crippen LogP contribution < -0.4 is 5.43 Å². The molecule has 0 aliphatic carbocycles. The third kappa shape index (κ3) is 3.77. The fourth-order valence-electron chi connectivity index (χ4n) is 3.26. The molecule has 0 aliphatic heterocycles. The summed E-state index contributed by atoms with van der Waals surface area (Å²) in [4.78, 5) is 29.1. The summed E-state index contributed by atoms with van der Waals surface area (Å²) >= 11 is 6.18. The normalized spacial score (nSPS) is 10.8. The Morgan fingerprint density at radius 1 is 1.10 bits per heavy atom. The molecule has 4 aromatic rings. The number of methoxy groups -OCH3 is 1. The van der Waals surface area contributed by atoms with E-state index in [1.165, 1.54) is 7.11 Å². The van der Waals surface area contributed by atoms with Crippen LogP contribution in [-0.4, -0.2) is 22.6 Å². The van der Waals surface area contributed by atoms with E-state index in [4.69, 9.17) is 16.3 Å². The lowest BCUT2D eigenvalue weighted by atomic mass is 10.0. The van der Waals surface area contributed by atoms with Crippen LogP contribution in [-0.2, 0) is 11.2 Å². The van der Waals surface area contributed by atoms with Gasteiger partial charge in [-0.15, -0.1) is 0 Å². The van der Waals surface area contributed by atoms with Gasteiger partial charge in [0.25, 0.3) is 0 Å². The maximum Gasteiger partial charge on any atom is 0.337 e. The average molecular weight is 405 g/mol. The number of benzene rings is 2. The third-order valence-electron chi connectivity index (χ3n) is 4.71. The van der Waals surface area contributed by atoms with Crippen molar-refractivity contribution in [3.8, 4) is 5.82 Å². The lowest BCUT2D eigenvalue weighted by Gasteiger charge is -2.13. The van der Waals surface area contributed by atoms with Crippen molar-refractivity contribution in [1.29, 1.82) is 0 Å². The second-order valence-electron chi connectivity index (χ2n) is 6.57. The molecular weight excluding hydrogens is 388 g/mol. The van der Waals surface area contributed by atoms with Gasteiger partial charge in [0.05, 0.1) is 18.2 Å². The molecule has 29 heavy (non-hydrogen) atoms. The lowest BCUT2D eigenvalue weighted by molar-refractivity contribution is 0.0600. The highest BCUT2D eigenvalue weighted by atomic mass is 35.5. The maximum absolute atomic E-state index is 13.1. The zero-order chi connectivity index (χ0) is 20.4. The molecule has 4 rings (SSSR count). The van der Waals surface area contributed by atoms with Crippen molar-refractivity contribution in [3.05, 3.63) is 105 Å². The molecule has 0 amide bonds. The summed E-state index contributed by atoms with van der Waals surface area (Å²) in [6.07, 6.45) is 3.93. The van der Waals surface area contributed by atoms with Gasteiger partial charge in [-0.1, -0.05) is 29.8 Å². The molecule has 0 unspecified atom stereocenters. The van der Waals surface area contributed by atoms with Crippen molar-refractivity contribution in [2.75, 3.05) is 7.11 Å². The molecule has 0 saturated heterocycles. The van der Waals surface area contributed by atoms with E-state index in [1.54, 1.807) is 42.7 Å². The van der Waals surface area contributed by atoms with Crippen molar-refractivity contribution in [2.45, 2.75) is 6.42 Å². The second kappa shape index (κ2) is 7.89. The molecule has 0 bridgehead atoms. The van der Waals surface area contributed by atoms with Crippen LogP contribution in [0.1, 0.15) is 21.5 Å². The Bertz CT molecular complexity index is 1250. The van der Waals surface area contributed by atoms with E-state index >= 15 is 0 Å². The van der Waals surface area contributed by atoms with Gasteiger partial charge in [0.1, 0.15) is 5.82 Å². The fourth-order valence-corrected chi connectivity index (χ4v) is 3.43. The van der Waals surface area contributed by atoms with Crippen LogP contribution in [0.4, 0.5) is 0 Å². The third-order valence-corrected chi connectivity index (χ3v) is 4.94. The Hall–Kier alpha value is -3.44. The van der Waals surface area contributed by atoms with Gasteiger partial charge in [-0.05, 0) is 48.0 Å². The standard InChI is InChI=1S/C23H17ClN2O3/c1-29-23(28)16-7-5-15(6-8-16)12-17-14-26(21-4-2-3-11-25-21)20-13-18(24)9-10-19(20)22(17)27/h2-11,13-14H,12H2,1H3. The number of rotatable bonds is 4. The number of fused-ring (bicyclic) bond motifs is 1. The molecule has 144 valence electrons. The average Bonchev–Trinajstić information content (AvgIpc) is 2.76. The number of halogens is 1. The molecule has 0 fully saturated rings. The van der Waals surface area contributed by atoms with Crippen molar-refractivity contribution in [2.24, 2.45) is 0 Å². The molecule has 6 heteroatoms. The highest BCUT2D eigenvalue weighted by Gasteiger charge is 2.13. The number of ether oxygens (including phenoxy) is 1.